The fraction of sp³-hybridized carbons (Fsp3) is 0.875. The van der Waals surface area contributed by atoms with Crippen molar-refractivity contribution in [2.24, 2.45) is 0 Å². The van der Waals surface area contributed by atoms with E-state index in [1.165, 1.54) is 4.80 Å². The highest BCUT2D eigenvalue weighted by molar-refractivity contribution is 4.98. The summed E-state index contributed by atoms with van der Waals surface area (Å²) in [4.78, 5) is 1.40. The van der Waals surface area contributed by atoms with Crippen molar-refractivity contribution in [2.75, 3.05) is 0 Å². The van der Waals surface area contributed by atoms with Crippen LogP contribution in [0.3, 0.4) is 0 Å². The van der Waals surface area contributed by atoms with Gasteiger partial charge < -0.3 is 14.9 Å². The van der Waals surface area contributed by atoms with Crippen LogP contribution in [0.15, 0.2) is 0 Å². The lowest BCUT2D eigenvalue weighted by Crippen LogP contribution is -2.29. The molecule has 2 rings (SSSR count). The third kappa shape index (κ3) is 1.73. The van der Waals surface area contributed by atoms with Crippen molar-refractivity contribution < 1.29 is 14.9 Å². The van der Waals surface area contributed by atoms with Gasteiger partial charge in [0.1, 0.15) is 18.3 Å². The number of aliphatic hydroxyl groups is 2. The van der Waals surface area contributed by atoms with Gasteiger partial charge in [-0.3, -0.25) is 0 Å². The zero-order chi connectivity index (χ0) is 11.0. The van der Waals surface area contributed by atoms with E-state index in [4.69, 9.17) is 4.74 Å². The topological polar surface area (TPSA) is 93.3 Å². The van der Waals surface area contributed by atoms with E-state index >= 15 is 0 Å². The van der Waals surface area contributed by atoms with Crippen LogP contribution in [0.5, 0.6) is 0 Å². The molecule has 0 aromatic carbocycles. The summed E-state index contributed by atoms with van der Waals surface area (Å²) in [7, 11) is 0. The van der Waals surface area contributed by atoms with E-state index in [1.54, 1.807) is 6.92 Å². The molecule has 15 heavy (non-hydrogen) atoms. The van der Waals surface area contributed by atoms with E-state index in [1.807, 2.05) is 6.92 Å². The van der Waals surface area contributed by atoms with E-state index in [0.717, 1.165) is 0 Å². The lowest BCUT2D eigenvalue weighted by molar-refractivity contribution is 0.00946. The average molecular weight is 214 g/mol. The molecule has 0 radical (unpaired) electrons. The average Bonchev–Trinajstić information content (AvgIpc) is 2.79. The minimum absolute atomic E-state index is 0.313. The summed E-state index contributed by atoms with van der Waals surface area (Å²) in [5, 5.41) is 30.7. The minimum Gasteiger partial charge on any atom is -0.388 e. The standard InChI is InChI=1S/C8H14N4O3/c1-3-12-10-8(9-11-12)7-6(14)5(13)4(2)15-7/h4-7,13-14H,3H2,1-2H3/t4-,5?,6?,7?/m0/s1. The molecule has 1 aromatic heterocycles. The maximum atomic E-state index is 9.67. The first-order chi connectivity index (χ1) is 7.13. The second kappa shape index (κ2) is 3.84. The van der Waals surface area contributed by atoms with Crippen molar-refractivity contribution in [3.05, 3.63) is 5.82 Å². The Morgan fingerprint density at radius 1 is 1.40 bits per heavy atom. The number of aliphatic hydroxyl groups excluding tert-OH is 2. The fourth-order valence-electron chi connectivity index (χ4n) is 1.57. The number of aromatic nitrogens is 4. The number of hydrogen-bond donors (Lipinski definition) is 2. The van der Waals surface area contributed by atoms with Crippen LogP contribution in [0, 0.1) is 0 Å². The smallest absolute Gasteiger partial charge is 0.206 e. The molecule has 0 bridgehead atoms. The van der Waals surface area contributed by atoms with Gasteiger partial charge in [-0.2, -0.15) is 4.80 Å². The first-order valence-corrected chi connectivity index (χ1v) is 4.92. The normalized spacial score (nSPS) is 36.0. The largest absolute Gasteiger partial charge is 0.388 e. The Morgan fingerprint density at radius 2 is 2.13 bits per heavy atom. The van der Waals surface area contributed by atoms with Gasteiger partial charge in [0.25, 0.3) is 0 Å². The van der Waals surface area contributed by atoms with Gasteiger partial charge in [0, 0.05) is 0 Å². The zero-order valence-corrected chi connectivity index (χ0v) is 8.61. The third-order valence-electron chi connectivity index (χ3n) is 2.51. The molecular weight excluding hydrogens is 200 g/mol. The minimum atomic E-state index is -0.991. The quantitative estimate of drug-likeness (QED) is 0.647. The van der Waals surface area contributed by atoms with E-state index in [9.17, 15) is 10.2 Å². The SMILES string of the molecule is CCn1nnc(C2O[C@@H](C)C(O)C2O)n1. The lowest BCUT2D eigenvalue weighted by Gasteiger charge is -2.09. The van der Waals surface area contributed by atoms with Crippen LogP contribution in [-0.2, 0) is 11.3 Å². The Bertz CT molecular complexity index is 342. The van der Waals surface area contributed by atoms with Crippen LogP contribution in [0.1, 0.15) is 25.8 Å². The van der Waals surface area contributed by atoms with Gasteiger partial charge in [-0.25, -0.2) is 0 Å². The molecule has 84 valence electrons. The predicted molar refractivity (Wildman–Crippen MR) is 48.8 cm³/mol. The predicted octanol–water partition coefficient (Wildman–Crippen LogP) is -1.13. The summed E-state index contributed by atoms with van der Waals surface area (Å²) in [6.45, 7) is 4.18. The van der Waals surface area contributed by atoms with Crippen LogP contribution < -0.4 is 0 Å². The van der Waals surface area contributed by atoms with Crippen molar-refractivity contribution in [1.82, 2.24) is 20.2 Å². The molecule has 2 N–H and O–H groups in total. The summed E-state index contributed by atoms with van der Waals surface area (Å²) in [5.74, 6) is 0.313. The van der Waals surface area contributed by atoms with Crippen LogP contribution >= 0.6 is 0 Å². The molecule has 4 atom stereocenters. The maximum Gasteiger partial charge on any atom is 0.206 e. The molecule has 1 aromatic rings. The number of ether oxygens (including phenoxy) is 1. The number of nitrogens with zero attached hydrogens (tertiary/aromatic N) is 4. The van der Waals surface area contributed by atoms with Gasteiger partial charge in [0.05, 0.1) is 12.6 Å². The highest BCUT2D eigenvalue weighted by atomic mass is 16.5. The van der Waals surface area contributed by atoms with Crippen molar-refractivity contribution in [2.45, 2.75) is 44.8 Å². The molecule has 2 heterocycles. The number of rotatable bonds is 2. The third-order valence-corrected chi connectivity index (χ3v) is 2.51. The second-order valence-corrected chi connectivity index (χ2v) is 3.58. The van der Waals surface area contributed by atoms with Gasteiger partial charge in [0.15, 0.2) is 0 Å². The number of aryl methyl sites for hydroxylation is 1. The van der Waals surface area contributed by atoms with Gasteiger partial charge in [-0.1, -0.05) is 0 Å². The van der Waals surface area contributed by atoms with E-state index in [2.05, 4.69) is 15.4 Å². The highest BCUT2D eigenvalue weighted by Crippen LogP contribution is 2.30. The van der Waals surface area contributed by atoms with Crippen LogP contribution in [0.4, 0.5) is 0 Å². The Balaban J connectivity index is 2.17. The molecule has 1 saturated heterocycles. The number of tetrazole rings is 1. The number of hydrogen-bond acceptors (Lipinski definition) is 6. The summed E-state index contributed by atoms with van der Waals surface area (Å²) in [6.07, 6.45) is -2.99. The first kappa shape index (κ1) is 10.5. The van der Waals surface area contributed by atoms with Gasteiger partial charge >= 0.3 is 0 Å². The Hall–Kier alpha value is -1.05. The first-order valence-electron chi connectivity index (χ1n) is 4.92. The zero-order valence-electron chi connectivity index (χ0n) is 8.61. The summed E-state index contributed by atoms with van der Waals surface area (Å²) < 4.78 is 5.35. The molecule has 0 saturated carbocycles. The molecule has 3 unspecified atom stereocenters. The van der Waals surface area contributed by atoms with Gasteiger partial charge in [0.2, 0.25) is 5.82 Å². The molecule has 1 aliphatic heterocycles. The Kier molecular flexibility index (Phi) is 2.68. The van der Waals surface area contributed by atoms with Crippen LogP contribution in [-0.4, -0.2) is 48.7 Å². The molecular formula is C8H14N4O3. The van der Waals surface area contributed by atoms with Gasteiger partial charge in [-0.05, 0) is 19.1 Å². The second-order valence-electron chi connectivity index (χ2n) is 3.58. The van der Waals surface area contributed by atoms with Crippen LogP contribution in [0.25, 0.3) is 0 Å². The molecule has 1 aliphatic rings. The van der Waals surface area contributed by atoms with Gasteiger partial charge in [-0.15, -0.1) is 10.2 Å². The maximum absolute atomic E-state index is 9.67. The lowest BCUT2D eigenvalue weighted by atomic mass is 10.1. The van der Waals surface area contributed by atoms with E-state index < -0.39 is 24.4 Å². The monoisotopic (exact) mass is 214 g/mol. The molecule has 7 heteroatoms. The molecule has 0 aliphatic carbocycles. The van der Waals surface area contributed by atoms with E-state index in [-0.39, 0.29) is 0 Å². The van der Waals surface area contributed by atoms with E-state index in [0.29, 0.717) is 12.4 Å². The van der Waals surface area contributed by atoms with Crippen LogP contribution in [0.2, 0.25) is 0 Å². The Labute approximate surface area is 86.7 Å². The summed E-state index contributed by atoms with van der Waals surface area (Å²) in [5.41, 5.74) is 0. The van der Waals surface area contributed by atoms with Crippen molar-refractivity contribution >= 4 is 0 Å². The van der Waals surface area contributed by atoms with Crippen molar-refractivity contribution in [1.29, 1.82) is 0 Å². The molecule has 0 spiro atoms. The molecule has 1 fully saturated rings. The molecule has 0 amide bonds. The van der Waals surface area contributed by atoms with Crippen molar-refractivity contribution in [3.63, 3.8) is 0 Å². The summed E-state index contributed by atoms with van der Waals surface area (Å²) >= 11 is 0. The fourth-order valence-corrected chi connectivity index (χ4v) is 1.57. The molecule has 7 nitrogen and oxygen atoms in total. The Morgan fingerprint density at radius 3 is 2.60 bits per heavy atom. The summed E-state index contributed by atoms with van der Waals surface area (Å²) in [6, 6.07) is 0. The van der Waals surface area contributed by atoms with Crippen molar-refractivity contribution in [3.8, 4) is 0 Å². The highest BCUT2D eigenvalue weighted by Gasteiger charge is 2.43.